The fraction of sp³-hybridized carbons (Fsp3) is 0.542. The molecule has 35 heavy (non-hydrogen) atoms. The summed E-state index contributed by atoms with van der Waals surface area (Å²) >= 11 is 0. The number of hydrogen-bond acceptors (Lipinski definition) is 7. The Labute approximate surface area is 205 Å². The molecule has 11 nitrogen and oxygen atoms in total. The van der Waals surface area contributed by atoms with Gasteiger partial charge in [-0.3, -0.25) is 19.2 Å². The third-order valence-electron chi connectivity index (χ3n) is 4.76. The summed E-state index contributed by atoms with van der Waals surface area (Å²) < 4.78 is 9.85. The van der Waals surface area contributed by atoms with Crippen LogP contribution in [0.1, 0.15) is 59.1 Å². The molecule has 2 atom stereocenters. The minimum absolute atomic E-state index is 0.0953. The van der Waals surface area contributed by atoms with Crippen LogP contribution in [0.4, 0.5) is 4.79 Å². The summed E-state index contributed by atoms with van der Waals surface area (Å²) in [6.07, 6.45) is -1.12. The Kier molecular flexibility index (Phi) is 11.2. The van der Waals surface area contributed by atoms with Crippen molar-refractivity contribution in [2.45, 2.75) is 71.2 Å². The lowest BCUT2D eigenvalue weighted by Gasteiger charge is -2.37. The van der Waals surface area contributed by atoms with Crippen LogP contribution < -0.4 is 16.4 Å². The fourth-order valence-electron chi connectivity index (χ4n) is 3.26. The molecule has 0 aliphatic carbocycles. The number of amides is 4. The van der Waals surface area contributed by atoms with Crippen LogP contribution in [-0.2, 0) is 28.7 Å². The molecule has 11 heteroatoms. The number of carbonyl (C=O) groups excluding carboxylic acids is 5. The van der Waals surface area contributed by atoms with E-state index in [9.17, 15) is 24.0 Å². The summed E-state index contributed by atoms with van der Waals surface area (Å²) in [5, 5.41) is 4.99. The molecule has 194 valence electrons. The third kappa shape index (κ3) is 10.0. The van der Waals surface area contributed by atoms with Gasteiger partial charge in [0.15, 0.2) is 0 Å². The number of nitrogens with one attached hydrogen (secondary N) is 2. The van der Waals surface area contributed by atoms with Crippen LogP contribution in [0.15, 0.2) is 30.3 Å². The summed E-state index contributed by atoms with van der Waals surface area (Å²) in [6.45, 7) is 8.04. The lowest BCUT2D eigenvalue weighted by molar-refractivity contribution is -0.146. The van der Waals surface area contributed by atoms with Crippen molar-refractivity contribution < 1.29 is 33.4 Å². The van der Waals surface area contributed by atoms with Crippen molar-refractivity contribution in [3.05, 3.63) is 35.9 Å². The Bertz CT molecular complexity index is 897. The van der Waals surface area contributed by atoms with Gasteiger partial charge in [0.1, 0.15) is 24.2 Å². The largest absolute Gasteiger partial charge is 0.468 e. The molecule has 0 aromatic heterocycles. The zero-order valence-electron chi connectivity index (χ0n) is 21.1. The van der Waals surface area contributed by atoms with Crippen LogP contribution in [-0.4, -0.2) is 66.0 Å². The molecule has 1 rings (SSSR count). The van der Waals surface area contributed by atoms with Crippen molar-refractivity contribution in [3.63, 3.8) is 0 Å². The zero-order valence-corrected chi connectivity index (χ0v) is 21.1. The average Bonchev–Trinajstić information content (AvgIpc) is 2.76. The SMILES string of the molecule is COC(=O)CNC(=O)C(c1ccccc1)N(C(=O)C(CCC(N)=O)NC(=O)OC(C)(C)C)C(C)C. The summed E-state index contributed by atoms with van der Waals surface area (Å²) in [7, 11) is 1.19. The smallest absolute Gasteiger partial charge is 0.408 e. The fourth-order valence-corrected chi connectivity index (χ4v) is 3.26. The van der Waals surface area contributed by atoms with Gasteiger partial charge in [-0.2, -0.15) is 0 Å². The van der Waals surface area contributed by atoms with Gasteiger partial charge in [-0.25, -0.2) is 4.79 Å². The maximum absolute atomic E-state index is 13.7. The highest BCUT2D eigenvalue weighted by atomic mass is 16.6. The van der Waals surface area contributed by atoms with Gasteiger partial charge in [-0.1, -0.05) is 30.3 Å². The number of carbonyl (C=O) groups is 5. The molecule has 0 spiro atoms. The predicted octanol–water partition coefficient (Wildman–Crippen LogP) is 1.41. The maximum Gasteiger partial charge on any atom is 0.408 e. The van der Waals surface area contributed by atoms with Gasteiger partial charge in [0.05, 0.1) is 7.11 Å². The molecule has 4 N–H and O–H groups in total. The van der Waals surface area contributed by atoms with Gasteiger partial charge >= 0.3 is 12.1 Å². The van der Waals surface area contributed by atoms with Crippen LogP contribution >= 0.6 is 0 Å². The highest BCUT2D eigenvalue weighted by Crippen LogP contribution is 2.25. The van der Waals surface area contributed by atoms with Crippen LogP contribution in [0.3, 0.4) is 0 Å². The van der Waals surface area contributed by atoms with E-state index in [0.717, 1.165) is 0 Å². The minimum atomic E-state index is -1.20. The first-order valence-electron chi connectivity index (χ1n) is 11.3. The van der Waals surface area contributed by atoms with Crippen LogP contribution in [0.25, 0.3) is 0 Å². The topological polar surface area (TPSA) is 157 Å². The number of primary amides is 1. The molecule has 0 aliphatic rings. The lowest BCUT2D eigenvalue weighted by Crippen LogP contribution is -2.55. The number of nitrogens with zero attached hydrogens (tertiary/aromatic N) is 1. The quantitative estimate of drug-likeness (QED) is 0.394. The second-order valence-electron chi connectivity index (χ2n) is 9.15. The molecule has 0 fully saturated rings. The van der Waals surface area contributed by atoms with Crippen molar-refractivity contribution in [2.75, 3.05) is 13.7 Å². The molecule has 1 aromatic rings. The zero-order chi connectivity index (χ0) is 26.8. The van der Waals surface area contributed by atoms with E-state index in [1.807, 2.05) is 0 Å². The van der Waals surface area contributed by atoms with E-state index < -0.39 is 53.5 Å². The second-order valence-corrected chi connectivity index (χ2v) is 9.15. The number of benzene rings is 1. The van der Waals surface area contributed by atoms with E-state index >= 15 is 0 Å². The molecule has 0 saturated heterocycles. The second kappa shape index (κ2) is 13.3. The Balaban J connectivity index is 3.38. The Morgan fingerprint density at radius 2 is 1.66 bits per heavy atom. The van der Waals surface area contributed by atoms with E-state index in [1.165, 1.54) is 12.0 Å². The van der Waals surface area contributed by atoms with E-state index in [2.05, 4.69) is 15.4 Å². The molecular formula is C24H36N4O7. The van der Waals surface area contributed by atoms with Crippen LogP contribution in [0, 0.1) is 0 Å². The number of methoxy groups -OCH3 is 1. The number of rotatable bonds is 11. The number of ether oxygens (including phenoxy) is 2. The summed E-state index contributed by atoms with van der Waals surface area (Å²) in [5.74, 6) is -2.54. The Morgan fingerprint density at radius 3 is 2.14 bits per heavy atom. The summed E-state index contributed by atoms with van der Waals surface area (Å²) in [5.41, 5.74) is 4.94. The molecule has 0 bridgehead atoms. The monoisotopic (exact) mass is 492 g/mol. The average molecular weight is 493 g/mol. The molecule has 0 saturated carbocycles. The van der Waals surface area contributed by atoms with E-state index in [1.54, 1.807) is 65.0 Å². The molecule has 0 radical (unpaired) electrons. The van der Waals surface area contributed by atoms with E-state index in [4.69, 9.17) is 10.5 Å². The first kappa shape index (κ1) is 29.4. The van der Waals surface area contributed by atoms with Crippen molar-refractivity contribution >= 4 is 29.8 Å². The molecular weight excluding hydrogens is 456 g/mol. The lowest BCUT2D eigenvalue weighted by atomic mass is 10.00. The number of nitrogens with two attached hydrogens (primary N) is 1. The van der Waals surface area contributed by atoms with Crippen LogP contribution in [0.2, 0.25) is 0 Å². The highest BCUT2D eigenvalue weighted by molar-refractivity contribution is 5.93. The van der Waals surface area contributed by atoms with Gasteiger partial charge in [0, 0.05) is 12.5 Å². The molecule has 0 heterocycles. The number of alkyl carbamates (subject to hydrolysis) is 1. The number of esters is 1. The number of hydrogen-bond donors (Lipinski definition) is 3. The van der Waals surface area contributed by atoms with Crippen LogP contribution in [0.5, 0.6) is 0 Å². The maximum atomic E-state index is 13.7. The van der Waals surface area contributed by atoms with Crippen molar-refractivity contribution in [3.8, 4) is 0 Å². The minimum Gasteiger partial charge on any atom is -0.468 e. The van der Waals surface area contributed by atoms with Gasteiger partial charge in [0.2, 0.25) is 17.7 Å². The molecule has 2 unspecified atom stereocenters. The predicted molar refractivity (Wildman–Crippen MR) is 128 cm³/mol. The van der Waals surface area contributed by atoms with Crippen molar-refractivity contribution in [1.82, 2.24) is 15.5 Å². The van der Waals surface area contributed by atoms with Crippen molar-refractivity contribution in [1.29, 1.82) is 0 Å². The highest BCUT2D eigenvalue weighted by Gasteiger charge is 2.37. The van der Waals surface area contributed by atoms with E-state index in [-0.39, 0.29) is 19.4 Å². The first-order valence-corrected chi connectivity index (χ1v) is 11.3. The van der Waals surface area contributed by atoms with Gasteiger partial charge < -0.3 is 30.7 Å². The van der Waals surface area contributed by atoms with Gasteiger partial charge in [-0.05, 0) is 46.6 Å². The van der Waals surface area contributed by atoms with Crippen molar-refractivity contribution in [2.24, 2.45) is 5.73 Å². The standard InChI is InChI=1S/C24H36N4O7/c1-15(2)28(20(16-10-8-7-9-11-16)21(31)26-14-19(30)34-6)22(32)17(12-13-18(25)29)27-23(33)35-24(3,4)5/h7-11,15,17,20H,12-14H2,1-6H3,(H2,25,29)(H,26,31)(H,27,33). The first-order chi connectivity index (χ1) is 16.3. The summed E-state index contributed by atoms with van der Waals surface area (Å²) in [6, 6.07) is 5.69. The third-order valence-corrected chi connectivity index (χ3v) is 4.76. The van der Waals surface area contributed by atoms with Gasteiger partial charge in [0.25, 0.3) is 0 Å². The molecule has 1 aromatic carbocycles. The Morgan fingerprint density at radius 1 is 1.06 bits per heavy atom. The summed E-state index contributed by atoms with van der Waals surface area (Å²) in [4.78, 5) is 63.7. The van der Waals surface area contributed by atoms with Gasteiger partial charge in [-0.15, -0.1) is 0 Å². The molecule has 0 aliphatic heterocycles. The normalized spacial score (nSPS) is 12.8. The Hall–Kier alpha value is -3.63. The molecule has 4 amide bonds. The van der Waals surface area contributed by atoms with E-state index in [0.29, 0.717) is 5.56 Å².